The van der Waals surface area contributed by atoms with Crippen LogP contribution >= 0.6 is 0 Å². The molecule has 0 spiro atoms. The number of aryl methyl sites for hydroxylation is 1. The minimum Gasteiger partial charge on any atom is -0.507 e. The highest BCUT2D eigenvalue weighted by Crippen LogP contribution is 2.17. The maximum atomic E-state index is 10.4. The molecule has 0 radical (unpaired) electrons. The molecule has 0 aliphatic carbocycles. The Morgan fingerprint density at radius 2 is 1.50 bits per heavy atom. The third kappa shape index (κ3) is 4.45. The smallest absolute Gasteiger partial charge is 0.339 e. The second kappa shape index (κ2) is 6.94. The summed E-state index contributed by atoms with van der Waals surface area (Å²) in [6.07, 6.45) is 0. The number of aromatic hydroxyl groups is 1. The van der Waals surface area contributed by atoms with Crippen LogP contribution in [0.15, 0.2) is 48.5 Å². The van der Waals surface area contributed by atoms with Crippen LogP contribution in [0.5, 0.6) is 5.75 Å². The molecule has 0 saturated carbocycles. The number of benzene rings is 2. The van der Waals surface area contributed by atoms with Gasteiger partial charge in [-0.2, -0.15) is 0 Å². The van der Waals surface area contributed by atoms with E-state index in [1.807, 2.05) is 0 Å². The summed E-state index contributed by atoms with van der Waals surface area (Å²) >= 11 is 0. The molecule has 2 rings (SSSR count). The lowest BCUT2D eigenvalue weighted by atomic mass is 10.1. The number of aromatic carboxylic acids is 2. The van der Waals surface area contributed by atoms with Crippen molar-refractivity contribution in [1.82, 2.24) is 0 Å². The Morgan fingerprint density at radius 3 is 1.90 bits per heavy atom. The van der Waals surface area contributed by atoms with Crippen LogP contribution in [0.2, 0.25) is 0 Å². The second-order valence-electron chi connectivity index (χ2n) is 4.00. The Balaban J connectivity index is 0.000000204. The van der Waals surface area contributed by atoms with Crippen LogP contribution in [-0.4, -0.2) is 27.3 Å². The molecule has 0 heterocycles. The zero-order chi connectivity index (χ0) is 15.1. The highest BCUT2D eigenvalue weighted by Gasteiger charge is 2.07. The minimum atomic E-state index is -1.11. The molecule has 0 aromatic heterocycles. The molecule has 0 aliphatic heterocycles. The highest BCUT2D eigenvalue weighted by atomic mass is 16.4. The molecule has 0 amide bonds. The number of carbonyl (C=O) groups is 2. The molecule has 0 atom stereocenters. The molecule has 2 aromatic carbocycles. The standard InChI is InChI=1S/C8H8O3.C7H6O2/c1-5-2-3-6(8(10)11)7(9)4-5;8-7(9)6-4-2-1-3-5-6/h2-4,9H,1H3,(H,10,11);1-5H,(H,8,9). The van der Waals surface area contributed by atoms with Crippen LogP contribution in [-0.2, 0) is 0 Å². The highest BCUT2D eigenvalue weighted by molar-refractivity contribution is 5.90. The fraction of sp³-hybridized carbons (Fsp3) is 0.0667. The largest absolute Gasteiger partial charge is 0.507 e. The molecule has 0 bridgehead atoms. The van der Waals surface area contributed by atoms with Gasteiger partial charge in [-0.05, 0) is 36.8 Å². The maximum Gasteiger partial charge on any atom is 0.339 e. The van der Waals surface area contributed by atoms with Gasteiger partial charge in [0.25, 0.3) is 0 Å². The number of carboxylic acid groups (broad SMARTS) is 2. The molecule has 5 nitrogen and oxygen atoms in total. The summed E-state index contributed by atoms with van der Waals surface area (Å²) in [6, 6.07) is 12.7. The van der Waals surface area contributed by atoms with Gasteiger partial charge in [0, 0.05) is 0 Å². The van der Waals surface area contributed by atoms with Gasteiger partial charge in [0.2, 0.25) is 0 Å². The summed E-state index contributed by atoms with van der Waals surface area (Å²) < 4.78 is 0. The van der Waals surface area contributed by atoms with E-state index in [0.29, 0.717) is 5.56 Å². The van der Waals surface area contributed by atoms with Gasteiger partial charge >= 0.3 is 11.9 Å². The Bertz CT molecular complexity index is 605. The van der Waals surface area contributed by atoms with Gasteiger partial charge in [-0.3, -0.25) is 0 Å². The van der Waals surface area contributed by atoms with Crippen molar-refractivity contribution >= 4 is 11.9 Å². The number of phenols is 1. The predicted octanol–water partition coefficient (Wildman–Crippen LogP) is 2.78. The van der Waals surface area contributed by atoms with Crippen molar-refractivity contribution in [3.05, 3.63) is 65.2 Å². The van der Waals surface area contributed by atoms with E-state index in [2.05, 4.69) is 0 Å². The zero-order valence-electron chi connectivity index (χ0n) is 10.8. The first kappa shape index (κ1) is 15.2. The molecule has 20 heavy (non-hydrogen) atoms. The van der Waals surface area contributed by atoms with Crippen molar-refractivity contribution in [3.63, 3.8) is 0 Å². The van der Waals surface area contributed by atoms with Crippen LogP contribution in [0, 0.1) is 6.92 Å². The quantitative estimate of drug-likeness (QED) is 0.782. The number of hydrogen-bond donors (Lipinski definition) is 3. The van der Waals surface area contributed by atoms with E-state index in [4.69, 9.17) is 15.3 Å². The van der Waals surface area contributed by atoms with Crippen LogP contribution in [0.4, 0.5) is 0 Å². The van der Waals surface area contributed by atoms with Crippen LogP contribution in [0.1, 0.15) is 26.3 Å². The molecule has 5 heteroatoms. The molecule has 0 saturated heterocycles. The second-order valence-corrected chi connectivity index (χ2v) is 4.00. The fourth-order valence-electron chi connectivity index (χ4n) is 1.40. The Labute approximate surface area is 115 Å². The number of hydrogen-bond acceptors (Lipinski definition) is 3. The van der Waals surface area contributed by atoms with Gasteiger partial charge in [-0.1, -0.05) is 24.3 Å². The summed E-state index contributed by atoms with van der Waals surface area (Å²) in [7, 11) is 0. The third-order valence-electron chi connectivity index (χ3n) is 2.40. The summed E-state index contributed by atoms with van der Waals surface area (Å²) in [5.41, 5.74) is 1.11. The van der Waals surface area contributed by atoms with Crippen molar-refractivity contribution in [2.45, 2.75) is 6.92 Å². The minimum absolute atomic E-state index is 0.0596. The summed E-state index contributed by atoms with van der Waals surface area (Å²) in [5.74, 6) is -2.17. The van der Waals surface area contributed by atoms with Crippen molar-refractivity contribution in [1.29, 1.82) is 0 Å². The van der Waals surface area contributed by atoms with E-state index in [1.165, 1.54) is 12.1 Å². The Kier molecular flexibility index (Phi) is 5.29. The monoisotopic (exact) mass is 274 g/mol. The van der Waals surface area contributed by atoms with Crippen molar-refractivity contribution in [2.24, 2.45) is 0 Å². The normalized spacial score (nSPS) is 9.25. The zero-order valence-corrected chi connectivity index (χ0v) is 10.8. The van der Waals surface area contributed by atoms with Crippen molar-refractivity contribution in [3.8, 4) is 5.75 Å². The van der Waals surface area contributed by atoms with E-state index in [0.717, 1.165) is 5.56 Å². The average Bonchev–Trinajstić information content (AvgIpc) is 2.40. The van der Waals surface area contributed by atoms with E-state index in [1.54, 1.807) is 43.3 Å². The van der Waals surface area contributed by atoms with E-state index in [9.17, 15) is 9.59 Å². The van der Waals surface area contributed by atoms with Crippen LogP contribution < -0.4 is 0 Å². The SMILES string of the molecule is Cc1ccc(C(=O)O)c(O)c1.O=C(O)c1ccccc1. The van der Waals surface area contributed by atoms with E-state index in [-0.39, 0.29) is 11.3 Å². The average molecular weight is 274 g/mol. The first-order chi connectivity index (χ1) is 9.41. The lowest BCUT2D eigenvalue weighted by molar-refractivity contribution is 0.0684. The van der Waals surface area contributed by atoms with E-state index >= 15 is 0 Å². The van der Waals surface area contributed by atoms with Gasteiger partial charge in [0.1, 0.15) is 11.3 Å². The third-order valence-corrected chi connectivity index (χ3v) is 2.40. The van der Waals surface area contributed by atoms with Gasteiger partial charge in [0.05, 0.1) is 5.56 Å². The first-order valence-electron chi connectivity index (χ1n) is 5.73. The number of rotatable bonds is 2. The van der Waals surface area contributed by atoms with Crippen LogP contribution in [0.3, 0.4) is 0 Å². The lowest BCUT2D eigenvalue weighted by Gasteiger charge is -1.98. The lowest BCUT2D eigenvalue weighted by Crippen LogP contribution is -1.96. The van der Waals surface area contributed by atoms with Gasteiger partial charge < -0.3 is 15.3 Å². The number of carboxylic acids is 2. The Hall–Kier alpha value is -2.82. The molecule has 3 N–H and O–H groups in total. The van der Waals surface area contributed by atoms with E-state index < -0.39 is 11.9 Å². The summed E-state index contributed by atoms with van der Waals surface area (Å²) in [6.45, 7) is 1.78. The molecule has 2 aromatic rings. The van der Waals surface area contributed by atoms with Gasteiger partial charge in [-0.25, -0.2) is 9.59 Å². The summed E-state index contributed by atoms with van der Waals surface area (Å²) in [5, 5.41) is 26.0. The van der Waals surface area contributed by atoms with Crippen LogP contribution in [0.25, 0.3) is 0 Å². The first-order valence-corrected chi connectivity index (χ1v) is 5.73. The molecule has 0 fully saturated rings. The maximum absolute atomic E-state index is 10.4. The van der Waals surface area contributed by atoms with Gasteiger partial charge in [-0.15, -0.1) is 0 Å². The summed E-state index contributed by atoms with van der Waals surface area (Å²) in [4.78, 5) is 20.6. The Morgan fingerprint density at radius 1 is 0.900 bits per heavy atom. The molecule has 104 valence electrons. The molecule has 0 aliphatic rings. The topological polar surface area (TPSA) is 94.8 Å². The fourth-order valence-corrected chi connectivity index (χ4v) is 1.40. The van der Waals surface area contributed by atoms with Crippen molar-refractivity contribution < 1.29 is 24.9 Å². The molecular weight excluding hydrogens is 260 g/mol. The van der Waals surface area contributed by atoms with Crippen molar-refractivity contribution in [2.75, 3.05) is 0 Å². The van der Waals surface area contributed by atoms with Gasteiger partial charge in [0.15, 0.2) is 0 Å². The molecule has 0 unspecified atom stereocenters. The molecular formula is C15H14O5. The predicted molar refractivity (Wildman–Crippen MR) is 73.2 cm³/mol.